The van der Waals surface area contributed by atoms with Gasteiger partial charge in [-0.3, -0.25) is 14.5 Å². The Labute approximate surface area is 173 Å². The van der Waals surface area contributed by atoms with Crippen molar-refractivity contribution < 1.29 is 18.4 Å². The lowest BCUT2D eigenvalue weighted by Crippen LogP contribution is -2.38. The minimum absolute atomic E-state index is 0.0410. The fourth-order valence-electron chi connectivity index (χ4n) is 2.80. The molecule has 2 amide bonds. The van der Waals surface area contributed by atoms with Crippen LogP contribution in [0.25, 0.3) is 0 Å². The molecule has 2 rings (SSSR count). The summed E-state index contributed by atoms with van der Waals surface area (Å²) in [5, 5.41) is -0.453. The maximum absolute atomic E-state index is 14.3. The molecule has 2 aromatic rings. The van der Waals surface area contributed by atoms with Crippen LogP contribution in [0, 0.1) is 11.6 Å². The Morgan fingerprint density at radius 2 is 1.29 bits per heavy atom. The first-order valence-corrected chi connectivity index (χ1v) is 9.88. The molecular weight excluding hydrogens is 407 g/mol. The number of benzene rings is 2. The average Bonchev–Trinajstić information content (AvgIpc) is 2.68. The van der Waals surface area contributed by atoms with E-state index in [-0.39, 0.29) is 27.7 Å². The van der Waals surface area contributed by atoms with Gasteiger partial charge in [-0.05, 0) is 30.7 Å². The molecular formula is C21H21Cl2F2NO2. The number of amides is 2. The van der Waals surface area contributed by atoms with E-state index in [1.807, 2.05) is 0 Å². The Balaban J connectivity index is 2.33. The van der Waals surface area contributed by atoms with Crippen molar-refractivity contribution in [1.29, 1.82) is 0 Å². The largest absolute Gasteiger partial charge is 0.274 e. The lowest BCUT2D eigenvalue weighted by Gasteiger charge is -2.22. The molecule has 0 aliphatic rings. The van der Waals surface area contributed by atoms with Gasteiger partial charge in [-0.15, -0.1) is 0 Å². The molecule has 0 radical (unpaired) electrons. The van der Waals surface area contributed by atoms with E-state index >= 15 is 0 Å². The Kier molecular flexibility index (Phi) is 8.39. The van der Waals surface area contributed by atoms with E-state index in [9.17, 15) is 18.4 Å². The zero-order chi connectivity index (χ0) is 20.7. The van der Waals surface area contributed by atoms with Crippen molar-refractivity contribution >= 4 is 35.0 Å². The molecule has 0 atom stereocenters. The van der Waals surface area contributed by atoms with E-state index in [2.05, 4.69) is 6.92 Å². The maximum atomic E-state index is 14.3. The van der Waals surface area contributed by atoms with Crippen LogP contribution < -0.4 is 0 Å². The number of hydrogen-bond acceptors (Lipinski definition) is 2. The molecule has 0 N–H and O–H groups in total. The second-order valence-corrected chi connectivity index (χ2v) is 7.19. The van der Waals surface area contributed by atoms with Gasteiger partial charge in [-0.1, -0.05) is 67.9 Å². The molecule has 0 saturated carbocycles. The van der Waals surface area contributed by atoms with Crippen molar-refractivity contribution in [2.45, 2.75) is 39.0 Å². The first-order chi connectivity index (χ1) is 13.4. The van der Waals surface area contributed by atoms with Gasteiger partial charge in [-0.25, -0.2) is 8.78 Å². The number of halogens is 4. The quantitative estimate of drug-likeness (QED) is 0.354. The van der Waals surface area contributed by atoms with Gasteiger partial charge in [0.05, 0.1) is 21.2 Å². The number of unbranched alkanes of at least 4 members (excludes halogenated alkanes) is 4. The van der Waals surface area contributed by atoms with E-state index in [4.69, 9.17) is 23.2 Å². The smallest absolute Gasteiger partial charge is 0.263 e. The monoisotopic (exact) mass is 427 g/mol. The van der Waals surface area contributed by atoms with E-state index in [0.29, 0.717) is 6.42 Å². The molecule has 150 valence electrons. The van der Waals surface area contributed by atoms with E-state index < -0.39 is 23.4 Å². The van der Waals surface area contributed by atoms with Crippen LogP contribution in [0.1, 0.15) is 59.7 Å². The van der Waals surface area contributed by atoms with Gasteiger partial charge in [0, 0.05) is 6.54 Å². The highest BCUT2D eigenvalue weighted by Crippen LogP contribution is 2.23. The summed E-state index contributed by atoms with van der Waals surface area (Å²) < 4.78 is 28.6. The molecule has 0 aliphatic heterocycles. The summed E-state index contributed by atoms with van der Waals surface area (Å²) in [5.41, 5.74) is -0.673. The van der Waals surface area contributed by atoms with Crippen LogP contribution in [-0.4, -0.2) is 23.3 Å². The minimum atomic E-state index is -0.912. The fourth-order valence-corrected chi connectivity index (χ4v) is 3.15. The average molecular weight is 428 g/mol. The highest BCUT2D eigenvalue weighted by molar-refractivity contribution is 6.31. The number of carbonyl (C=O) groups excluding carboxylic acids is 2. The molecule has 0 unspecified atom stereocenters. The summed E-state index contributed by atoms with van der Waals surface area (Å²) in [5.74, 6) is -3.55. The molecule has 28 heavy (non-hydrogen) atoms. The van der Waals surface area contributed by atoms with Crippen LogP contribution in [0.2, 0.25) is 10.0 Å². The number of nitrogens with zero attached hydrogens (tertiary/aromatic N) is 1. The van der Waals surface area contributed by atoms with Crippen LogP contribution in [0.15, 0.2) is 36.4 Å². The zero-order valence-corrected chi connectivity index (χ0v) is 17.0. The number of hydrogen-bond donors (Lipinski definition) is 0. The number of rotatable bonds is 8. The summed E-state index contributed by atoms with van der Waals surface area (Å²) in [7, 11) is 0. The minimum Gasteiger partial charge on any atom is -0.274 e. The molecule has 7 heteroatoms. The van der Waals surface area contributed by atoms with Crippen LogP contribution in [0.5, 0.6) is 0 Å². The van der Waals surface area contributed by atoms with Crippen molar-refractivity contribution in [2.75, 3.05) is 6.54 Å². The summed E-state index contributed by atoms with van der Waals surface area (Å²) in [6.45, 7) is 2.11. The molecule has 3 nitrogen and oxygen atoms in total. The third kappa shape index (κ3) is 5.30. The van der Waals surface area contributed by atoms with Crippen LogP contribution in [0.3, 0.4) is 0 Å². The van der Waals surface area contributed by atoms with Gasteiger partial charge in [0.25, 0.3) is 11.8 Å². The van der Waals surface area contributed by atoms with Gasteiger partial charge < -0.3 is 0 Å². The van der Waals surface area contributed by atoms with Crippen molar-refractivity contribution in [1.82, 2.24) is 4.90 Å². The normalized spacial score (nSPS) is 10.8. The van der Waals surface area contributed by atoms with E-state index in [1.165, 1.54) is 36.4 Å². The molecule has 0 spiro atoms. The van der Waals surface area contributed by atoms with Crippen molar-refractivity contribution in [3.63, 3.8) is 0 Å². The predicted octanol–water partition coefficient (Wildman–Crippen LogP) is 6.52. The Morgan fingerprint density at radius 3 is 1.75 bits per heavy atom. The second kappa shape index (κ2) is 10.5. The van der Waals surface area contributed by atoms with Crippen molar-refractivity contribution in [3.05, 3.63) is 69.2 Å². The Bertz CT molecular complexity index is 795. The summed E-state index contributed by atoms with van der Waals surface area (Å²) >= 11 is 11.5. The van der Waals surface area contributed by atoms with Gasteiger partial charge in [0.1, 0.15) is 0 Å². The summed E-state index contributed by atoms with van der Waals surface area (Å²) in [4.78, 5) is 26.7. The molecule has 2 aromatic carbocycles. The Morgan fingerprint density at radius 1 is 0.821 bits per heavy atom. The molecule has 0 saturated heterocycles. The molecule has 0 aromatic heterocycles. The van der Waals surface area contributed by atoms with Crippen molar-refractivity contribution in [3.8, 4) is 0 Å². The third-order valence-electron chi connectivity index (χ3n) is 4.34. The van der Waals surface area contributed by atoms with Crippen molar-refractivity contribution in [2.24, 2.45) is 0 Å². The van der Waals surface area contributed by atoms with Gasteiger partial charge in [0.15, 0.2) is 11.6 Å². The molecule has 0 bridgehead atoms. The topological polar surface area (TPSA) is 37.4 Å². The maximum Gasteiger partial charge on any atom is 0.263 e. The van der Waals surface area contributed by atoms with Gasteiger partial charge in [0.2, 0.25) is 0 Å². The lowest BCUT2D eigenvalue weighted by molar-refractivity contribution is 0.0608. The Hall–Kier alpha value is -1.98. The van der Waals surface area contributed by atoms with E-state index in [0.717, 1.165) is 30.6 Å². The lowest BCUT2D eigenvalue weighted by atomic mass is 10.1. The highest BCUT2D eigenvalue weighted by atomic mass is 35.5. The summed E-state index contributed by atoms with van der Waals surface area (Å²) in [6.07, 6.45) is 4.35. The van der Waals surface area contributed by atoms with Crippen LogP contribution >= 0.6 is 23.2 Å². The first kappa shape index (κ1) is 22.3. The van der Waals surface area contributed by atoms with Gasteiger partial charge in [-0.2, -0.15) is 0 Å². The van der Waals surface area contributed by atoms with Crippen LogP contribution in [-0.2, 0) is 0 Å². The zero-order valence-electron chi connectivity index (χ0n) is 15.5. The molecule has 0 aliphatic carbocycles. The first-order valence-electron chi connectivity index (χ1n) is 9.12. The third-order valence-corrected chi connectivity index (χ3v) is 4.92. The molecule has 0 fully saturated rings. The van der Waals surface area contributed by atoms with Gasteiger partial charge >= 0.3 is 0 Å². The number of carbonyl (C=O) groups is 2. The highest BCUT2D eigenvalue weighted by Gasteiger charge is 2.28. The SMILES string of the molecule is CCCCCCCN(C(=O)c1cccc(Cl)c1F)C(=O)c1cccc(Cl)c1F. The number of imide groups is 1. The van der Waals surface area contributed by atoms with Crippen LogP contribution in [0.4, 0.5) is 8.78 Å². The fraction of sp³-hybridized carbons (Fsp3) is 0.333. The second-order valence-electron chi connectivity index (χ2n) is 6.38. The predicted molar refractivity (Wildman–Crippen MR) is 107 cm³/mol. The standard InChI is InChI=1S/C21H21Cl2F2NO2/c1-2-3-4-5-6-13-26(20(27)14-9-7-11-16(22)18(14)24)21(28)15-10-8-12-17(23)19(15)25/h7-12H,2-6,13H2,1H3. The van der Waals surface area contributed by atoms with E-state index in [1.54, 1.807) is 0 Å². The summed E-state index contributed by atoms with van der Waals surface area (Å²) in [6, 6.07) is 7.94. The molecule has 0 heterocycles.